The van der Waals surface area contributed by atoms with Crippen LogP contribution in [0.5, 0.6) is 0 Å². The van der Waals surface area contributed by atoms with Gasteiger partial charge >= 0.3 is 0 Å². The molecule has 6 rings (SSSR count). The van der Waals surface area contributed by atoms with Crippen LogP contribution in [0.25, 0.3) is 33.2 Å². The number of rotatable bonds is 5. The molecule has 0 radical (unpaired) electrons. The smallest absolute Gasteiger partial charge is 0.151 e. The van der Waals surface area contributed by atoms with Gasteiger partial charge in [-0.05, 0) is 36.1 Å². The molecule has 2 aromatic carbocycles. The quantitative estimate of drug-likeness (QED) is 0.334. The molecule has 1 saturated heterocycles. The summed E-state index contributed by atoms with van der Waals surface area (Å²) in [5.41, 5.74) is 11.6. The van der Waals surface area contributed by atoms with Crippen LogP contribution in [0.15, 0.2) is 61.1 Å². The van der Waals surface area contributed by atoms with Gasteiger partial charge in [0.15, 0.2) is 9.84 Å². The molecule has 2 unspecified atom stereocenters. The van der Waals surface area contributed by atoms with Crippen LogP contribution in [-0.4, -0.2) is 52.2 Å². The number of piperidine rings is 1. The molecule has 4 N–H and O–H groups in total. The van der Waals surface area contributed by atoms with E-state index in [9.17, 15) is 8.42 Å². The Bertz CT molecular complexity index is 1670. The van der Waals surface area contributed by atoms with Crippen LogP contribution in [0.1, 0.15) is 30.3 Å². The lowest BCUT2D eigenvalue weighted by atomic mass is 9.97. The van der Waals surface area contributed by atoms with E-state index in [1.807, 2.05) is 54.7 Å². The molecule has 1 fully saturated rings. The molecule has 36 heavy (non-hydrogen) atoms. The lowest BCUT2D eigenvalue weighted by Crippen LogP contribution is -2.43. The van der Waals surface area contributed by atoms with E-state index >= 15 is 0 Å². The molecule has 0 spiro atoms. The minimum Gasteiger partial charge on any atom is -0.346 e. The Kier molecular flexibility index (Phi) is 5.50. The zero-order valence-electron chi connectivity index (χ0n) is 19.8. The van der Waals surface area contributed by atoms with Gasteiger partial charge in [-0.1, -0.05) is 36.4 Å². The van der Waals surface area contributed by atoms with E-state index in [2.05, 4.69) is 24.8 Å². The monoisotopic (exact) mass is 501 g/mol. The summed E-state index contributed by atoms with van der Waals surface area (Å²) in [4.78, 5) is 23.0. The lowest BCUT2D eigenvalue weighted by molar-refractivity contribution is 0.408. The molecule has 1 aliphatic heterocycles. The number of nitrogens with zero attached hydrogens (tertiary/aromatic N) is 4. The molecule has 9 nitrogen and oxygen atoms in total. The summed E-state index contributed by atoms with van der Waals surface area (Å²) < 4.78 is 23.7. The van der Waals surface area contributed by atoms with Crippen LogP contribution >= 0.6 is 0 Å². The molecule has 0 amide bonds. The number of hydrogen-bond donors (Lipinski definition) is 3. The van der Waals surface area contributed by atoms with Gasteiger partial charge in [-0.25, -0.2) is 23.4 Å². The maximum absolute atomic E-state index is 11.8. The van der Waals surface area contributed by atoms with Gasteiger partial charge in [-0.2, -0.15) is 0 Å². The van der Waals surface area contributed by atoms with E-state index in [0.717, 1.165) is 69.8 Å². The van der Waals surface area contributed by atoms with Crippen LogP contribution in [0.2, 0.25) is 0 Å². The summed E-state index contributed by atoms with van der Waals surface area (Å²) in [6, 6.07) is 15.7. The highest BCUT2D eigenvalue weighted by Gasteiger charge is 2.32. The van der Waals surface area contributed by atoms with Crippen molar-refractivity contribution >= 4 is 37.7 Å². The molecule has 0 bridgehead atoms. The van der Waals surface area contributed by atoms with Crippen molar-refractivity contribution in [1.82, 2.24) is 24.9 Å². The first-order valence-corrected chi connectivity index (χ1v) is 14.0. The van der Waals surface area contributed by atoms with E-state index in [1.165, 1.54) is 6.26 Å². The average Bonchev–Trinajstić information content (AvgIpc) is 3.50. The van der Waals surface area contributed by atoms with Crippen molar-refractivity contribution in [3.63, 3.8) is 0 Å². The number of sulfone groups is 1. The van der Waals surface area contributed by atoms with Crippen LogP contribution in [0.3, 0.4) is 0 Å². The SMILES string of the molecule is CS(=O)(=O)Cc1cccc(-c2cccc3[nH]c(C4CC(N)CCN4c4ncnc5[nH]ccc45)nc23)c1. The number of para-hydroxylation sites is 1. The molecule has 184 valence electrons. The molecular weight excluding hydrogens is 474 g/mol. The van der Waals surface area contributed by atoms with Gasteiger partial charge in [0.1, 0.15) is 23.6 Å². The standard InChI is InChI=1S/C26H27N7O2S/c1-36(34,35)14-16-4-2-5-17(12-16)19-6-3-7-21-23(19)32-25(31-21)22-13-18(27)9-11-33(22)26-20-8-10-28-24(20)29-15-30-26/h2-8,10,12,15,18,22H,9,11,13-14,27H2,1H3,(H,31,32)(H,28,29,30). The third-order valence-corrected chi connectivity index (χ3v) is 7.62. The maximum atomic E-state index is 11.8. The third-order valence-electron chi connectivity index (χ3n) is 6.76. The van der Waals surface area contributed by atoms with Crippen molar-refractivity contribution in [3.8, 4) is 11.1 Å². The van der Waals surface area contributed by atoms with Crippen molar-refractivity contribution in [2.75, 3.05) is 17.7 Å². The molecule has 2 atom stereocenters. The molecule has 0 aliphatic carbocycles. The van der Waals surface area contributed by atoms with E-state index in [1.54, 1.807) is 6.33 Å². The predicted octanol–water partition coefficient (Wildman–Crippen LogP) is 3.71. The first-order chi connectivity index (χ1) is 17.4. The molecule has 4 heterocycles. The summed E-state index contributed by atoms with van der Waals surface area (Å²) in [5.74, 6) is 1.71. The Hall–Kier alpha value is -3.76. The zero-order chi connectivity index (χ0) is 24.9. The summed E-state index contributed by atoms with van der Waals surface area (Å²) in [6.45, 7) is 0.764. The first kappa shape index (κ1) is 22.7. The highest BCUT2D eigenvalue weighted by molar-refractivity contribution is 7.89. The minimum absolute atomic E-state index is 0.00408. The number of anilines is 1. The number of aromatic amines is 2. The van der Waals surface area contributed by atoms with Crippen LogP contribution < -0.4 is 10.6 Å². The summed E-state index contributed by atoms with van der Waals surface area (Å²) in [7, 11) is -3.13. The second-order valence-corrected chi connectivity index (χ2v) is 11.7. The number of nitrogens with two attached hydrogens (primary N) is 1. The van der Waals surface area contributed by atoms with Gasteiger partial charge in [0.2, 0.25) is 0 Å². The van der Waals surface area contributed by atoms with Crippen molar-refractivity contribution < 1.29 is 8.42 Å². The first-order valence-electron chi connectivity index (χ1n) is 11.9. The average molecular weight is 502 g/mol. The normalized spacial score (nSPS) is 18.8. The second kappa shape index (κ2) is 8.72. The number of H-pyrrole nitrogens is 2. The van der Waals surface area contributed by atoms with Crippen molar-refractivity contribution in [2.24, 2.45) is 5.73 Å². The zero-order valence-corrected chi connectivity index (χ0v) is 20.7. The van der Waals surface area contributed by atoms with Crippen LogP contribution in [0.4, 0.5) is 5.82 Å². The number of fused-ring (bicyclic) bond motifs is 2. The summed E-state index contributed by atoms with van der Waals surface area (Å²) >= 11 is 0. The van der Waals surface area contributed by atoms with Crippen LogP contribution in [-0.2, 0) is 15.6 Å². The van der Waals surface area contributed by atoms with E-state index in [-0.39, 0.29) is 17.8 Å². The highest BCUT2D eigenvalue weighted by Crippen LogP contribution is 2.37. The Morgan fingerprint density at radius 3 is 2.86 bits per heavy atom. The Balaban J connectivity index is 1.43. The van der Waals surface area contributed by atoms with E-state index in [4.69, 9.17) is 10.7 Å². The number of imidazole rings is 1. The number of hydrogen-bond acceptors (Lipinski definition) is 7. The third kappa shape index (κ3) is 4.22. The predicted molar refractivity (Wildman–Crippen MR) is 141 cm³/mol. The van der Waals surface area contributed by atoms with Crippen LogP contribution in [0, 0.1) is 0 Å². The fourth-order valence-corrected chi connectivity index (χ4v) is 5.95. The molecular formula is C26H27N7O2S. The van der Waals surface area contributed by atoms with Crippen molar-refractivity contribution in [2.45, 2.75) is 30.7 Å². The largest absolute Gasteiger partial charge is 0.346 e. The Labute approximate surface area is 208 Å². The van der Waals surface area contributed by atoms with Gasteiger partial charge in [0.25, 0.3) is 0 Å². The second-order valence-electron chi connectivity index (χ2n) is 9.53. The number of nitrogens with one attached hydrogen (secondary N) is 2. The molecule has 5 aromatic rings. The maximum Gasteiger partial charge on any atom is 0.151 e. The fourth-order valence-electron chi connectivity index (χ4n) is 5.17. The Morgan fingerprint density at radius 2 is 2.00 bits per heavy atom. The van der Waals surface area contributed by atoms with Gasteiger partial charge in [0, 0.05) is 30.6 Å². The molecule has 0 saturated carbocycles. The fraction of sp³-hybridized carbons (Fsp3) is 0.269. The Morgan fingerprint density at radius 1 is 1.14 bits per heavy atom. The minimum atomic E-state index is -3.13. The highest BCUT2D eigenvalue weighted by atomic mass is 32.2. The van der Waals surface area contributed by atoms with Crippen molar-refractivity contribution in [1.29, 1.82) is 0 Å². The van der Waals surface area contributed by atoms with Gasteiger partial charge in [0.05, 0.1) is 28.2 Å². The van der Waals surface area contributed by atoms with Gasteiger partial charge in [-0.3, -0.25) is 0 Å². The topological polar surface area (TPSA) is 134 Å². The summed E-state index contributed by atoms with van der Waals surface area (Å²) in [5, 5.41) is 0.970. The van der Waals surface area contributed by atoms with Crippen molar-refractivity contribution in [3.05, 3.63) is 72.4 Å². The lowest BCUT2D eigenvalue weighted by Gasteiger charge is -2.38. The summed E-state index contributed by atoms with van der Waals surface area (Å²) in [6.07, 6.45) is 6.32. The molecule has 10 heteroatoms. The van der Waals surface area contributed by atoms with E-state index in [0.29, 0.717) is 0 Å². The number of aromatic nitrogens is 5. The number of benzene rings is 2. The molecule has 3 aromatic heterocycles. The van der Waals surface area contributed by atoms with E-state index < -0.39 is 9.84 Å². The van der Waals surface area contributed by atoms with Gasteiger partial charge in [-0.15, -0.1) is 0 Å². The van der Waals surface area contributed by atoms with Gasteiger partial charge < -0.3 is 20.6 Å². The molecule has 1 aliphatic rings.